The third-order valence-electron chi connectivity index (χ3n) is 3.86. The number of hydrogen-bond acceptors (Lipinski definition) is 3. The van der Waals surface area contributed by atoms with Crippen LogP contribution in [0.15, 0.2) is 66.7 Å². The van der Waals surface area contributed by atoms with Crippen molar-refractivity contribution in [2.45, 2.75) is 13.2 Å². The van der Waals surface area contributed by atoms with Crippen LogP contribution < -0.4 is 4.74 Å². The number of benzene rings is 3. The van der Waals surface area contributed by atoms with Gasteiger partial charge in [0.2, 0.25) is 0 Å². The minimum Gasteiger partial charge on any atom is -0.488 e. The molecule has 0 aliphatic rings. The number of hydrogen-bond donors (Lipinski definition) is 0. The van der Waals surface area contributed by atoms with Crippen LogP contribution >= 0.6 is 23.2 Å². The summed E-state index contributed by atoms with van der Waals surface area (Å²) in [4.78, 5) is 12.4. The molecule has 0 spiro atoms. The predicted molar refractivity (Wildman–Crippen MR) is 103 cm³/mol. The van der Waals surface area contributed by atoms with Crippen LogP contribution in [0.1, 0.15) is 21.5 Å². The third kappa shape index (κ3) is 4.79. The van der Waals surface area contributed by atoms with Gasteiger partial charge in [0.1, 0.15) is 30.3 Å². The molecule has 0 saturated carbocycles. The molecule has 0 amide bonds. The molecule has 0 radical (unpaired) electrons. The zero-order chi connectivity index (χ0) is 19.2. The molecule has 0 heterocycles. The van der Waals surface area contributed by atoms with Gasteiger partial charge in [-0.3, -0.25) is 0 Å². The van der Waals surface area contributed by atoms with Gasteiger partial charge in [-0.25, -0.2) is 9.18 Å². The summed E-state index contributed by atoms with van der Waals surface area (Å²) in [5.74, 6) is -0.815. The second-order valence-electron chi connectivity index (χ2n) is 5.65. The van der Waals surface area contributed by atoms with Crippen molar-refractivity contribution in [2.24, 2.45) is 0 Å². The Labute approximate surface area is 166 Å². The van der Waals surface area contributed by atoms with E-state index >= 15 is 0 Å². The van der Waals surface area contributed by atoms with Crippen LogP contribution in [0.25, 0.3) is 0 Å². The van der Waals surface area contributed by atoms with Crippen LogP contribution in [-0.4, -0.2) is 5.97 Å². The molecule has 0 fully saturated rings. The summed E-state index contributed by atoms with van der Waals surface area (Å²) >= 11 is 12.1. The lowest BCUT2D eigenvalue weighted by molar-refractivity contribution is 0.0464. The normalized spacial score (nSPS) is 10.5. The van der Waals surface area contributed by atoms with Gasteiger partial charge in [-0.2, -0.15) is 0 Å². The van der Waals surface area contributed by atoms with Crippen LogP contribution in [0, 0.1) is 5.82 Å². The molecule has 6 heteroatoms. The van der Waals surface area contributed by atoms with E-state index in [0.717, 1.165) is 5.56 Å². The largest absolute Gasteiger partial charge is 0.488 e. The lowest BCUT2D eigenvalue weighted by Crippen LogP contribution is -2.09. The van der Waals surface area contributed by atoms with Gasteiger partial charge in [0.25, 0.3) is 0 Å². The van der Waals surface area contributed by atoms with E-state index < -0.39 is 11.8 Å². The Balaban J connectivity index is 1.71. The first-order valence-electron chi connectivity index (χ1n) is 8.11. The Morgan fingerprint density at radius 1 is 0.852 bits per heavy atom. The Kier molecular flexibility index (Phi) is 6.32. The van der Waals surface area contributed by atoms with Crippen LogP contribution in [0.5, 0.6) is 5.75 Å². The van der Waals surface area contributed by atoms with E-state index in [-0.39, 0.29) is 29.4 Å². The van der Waals surface area contributed by atoms with Crippen molar-refractivity contribution >= 4 is 29.2 Å². The molecule has 27 heavy (non-hydrogen) atoms. The first-order valence-corrected chi connectivity index (χ1v) is 8.87. The Morgan fingerprint density at radius 3 is 2.33 bits per heavy atom. The van der Waals surface area contributed by atoms with Gasteiger partial charge in [0, 0.05) is 16.1 Å². The summed E-state index contributed by atoms with van der Waals surface area (Å²) in [6.45, 7) is -0.0771. The maximum Gasteiger partial charge on any atom is 0.342 e. The average Bonchev–Trinajstić information content (AvgIpc) is 2.67. The highest BCUT2D eigenvalue weighted by molar-refractivity contribution is 6.31. The van der Waals surface area contributed by atoms with Gasteiger partial charge < -0.3 is 9.47 Å². The molecule has 0 N–H and O–H groups in total. The molecule has 0 aromatic heterocycles. The van der Waals surface area contributed by atoms with Gasteiger partial charge in [0.05, 0.1) is 5.02 Å². The summed E-state index contributed by atoms with van der Waals surface area (Å²) in [6, 6.07) is 18.2. The number of carbonyl (C=O) groups excluding carboxylic acids is 1. The second kappa shape index (κ2) is 8.89. The molecule has 3 nitrogen and oxygen atoms in total. The maximum absolute atomic E-state index is 13.8. The quantitative estimate of drug-likeness (QED) is 0.467. The predicted octanol–water partition coefficient (Wildman–Crippen LogP) is 6.07. The number of ether oxygens (including phenoxy) is 2. The number of halogens is 3. The standard InChI is InChI=1S/C21H15Cl2FO3/c22-17-8-3-1-6-14(17)12-26-20-11-4-2-7-15(20)21(25)27-13-16-18(23)9-5-10-19(16)24/h1-11H,12-13H2. The summed E-state index contributed by atoms with van der Waals surface area (Å²) in [5.41, 5.74) is 1.15. The topological polar surface area (TPSA) is 35.5 Å². The third-order valence-corrected chi connectivity index (χ3v) is 4.58. The first kappa shape index (κ1) is 19.2. The fourth-order valence-electron chi connectivity index (χ4n) is 2.42. The van der Waals surface area contributed by atoms with Crippen LogP contribution in [0.2, 0.25) is 10.0 Å². The lowest BCUT2D eigenvalue weighted by atomic mass is 10.2. The number of rotatable bonds is 6. The van der Waals surface area contributed by atoms with E-state index in [9.17, 15) is 9.18 Å². The summed E-state index contributed by atoms with van der Waals surface area (Å²) in [5, 5.41) is 0.776. The molecule has 3 aromatic rings. The summed E-state index contributed by atoms with van der Waals surface area (Å²) in [6.07, 6.45) is 0. The fraction of sp³-hybridized carbons (Fsp3) is 0.0952. The molecule has 0 saturated heterocycles. The van der Waals surface area contributed by atoms with E-state index in [1.807, 2.05) is 18.2 Å². The average molecular weight is 405 g/mol. The Hall–Kier alpha value is -2.56. The number of esters is 1. The van der Waals surface area contributed by atoms with Crippen molar-refractivity contribution < 1.29 is 18.7 Å². The number of carbonyl (C=O) groups is 1. The van der Waals surface area contributed by atoms with Crippen molar-refractivity contribution in [3.8, 4) is 5.75 Å². The zero-order valence-corrected chi connectivity index (χ0v) is 15.6. The summed E-state index contributed by atoms with van der Waals surface area (Å²) < 4.78 is 24.8. The van der Waals surface area contributed by atoms with Crippen LogP contribution in [0.3, 0.4) is 0 Å². The minimum absolute atomic E-state index is 0.127. The maximum atomic E-state index is 13.8. The first-order chi connectivity index (χ1) is 13.1. The van der Waals surface area contributed by atoms with Crippen molar-refractivity contribution in [1.82, 2.24) is 0 Å². The van der Waals surface area contributed by atoms with Crippen molar-refractivity contribution in [2.75, 3.05) is 0 Å². The molecule has 3 aromatic carbocycles. The van der Waals surface area contributed by atoms with Crippen molar-refractivity contribution in [3.05, 3.63) is 99.3 Å². The smallest absolute Gasteiger partial charge is 0.342 e. The van der Waals surface area contributed by atoms with E-state index in [1.54, 1.807) is 30.3 Å². The van der Waals surface area contributed by atoms with E-state index in [1.165, 1.54) is 18.2 Å². The van der Waals surface area contributed by atoms with Gasteiger partial charge in [-0.15, -0.1) is 0 Å². The van der Waals surface area contributed by atoms with E-state index in [0.29, 0.717) is 10.8 Å². The van der Waals surface area contributed by atoms with Crippen molar-refractivity contribution in [1.29, 1.82) is 0 Å². The van der Waals surface area contributed by atoms with Gasteiger partial charge in [-0.1, -0.05) is 59.6 Å². The van der Waals surface area contributed by atoms with Gasteiger partial charge in [-0.05, 0) is 30.3 Å². The fourth-order valence-corrected chi connectivity index (χ4v) is 2.83. The zero-order valence-electron chi connectivity index (χ0n) is 14.1. The lowest BCUT2D eigenvalue weighted by Gasteiger charge is -2.12. The van der Waals surface area contributed by atoms with Crippen LogP contribution in [-0.2, 0) is 18.0 Å². The van der Waals surface area contributed by atoms with Gasteiger partial charge >= 0.3 is 5.97 Å². The highest BCUT2D eigenvalue weighted by Gasteiger charge is 2.16. The molecular formula is C21H15Cl2FO3. The van der Waals surface area contributed by atoms with Crippen molar-refractivity contribution in [3.63, 3.8) is 0 Å². The monoisotopic (exact) mass is 404 g/mol. The van der Waals surface area contributed by atoms with Gasteiger partial charge in [0.15, 0.2) is 0 Å². The highest BCUT2D eigenvalue weighted by atomic mass is 35.5. The van der Waals surface area contributed by atoms with Crippen LogP contribution in [0.4, 0.5) is 4.39 Å². The highest BCUT2D eigenvalue weighted by Crippen LogP contribution is 2.24. The molecule has 3 rings (SSSR count). The Bertz CT molecular complexity index is 939. The van der Waals surface area contributed by atoms with E-state index in [4.69, 9.17) is 32.7 Å². The SMILES string of the molecule is O=C(OCc1c(F)cccc1Cl)c1ccccc1OCc1ccccc1Cl. The molecule has 0 aliphatic heterocycles. The molecule has 0 aliphatic carbocycles. The minimum atomic E-state index is -0.635. The molecular weight excluding hydrogens is 390 g/mol. The molecule has 0 atom stereocenters. The Morgan fingerprint density at radius 2 is 1.56 bits per heavy atom. The molecule has 138 valence electrons. The summed E-state index contributed by atoms with van der Waals surface area (Å²) in [7, 11) is 0. The van der Waals surface area contributed by atoms with E-state index in [2.05, 4.69) is 0 Å². The number of para-hydroxylation sites is 1. The molecule has 0 bridgehead atoms. The second-order valence-corrected chi connectivity index (χ2v) is 6.47. The molecule has 0 unspecified atom stereocenters.